The summed E-state index contributed by atoms with van der Waals surface area (Å²) in [5, 5.41) is 20.8. The quantitative estimate of drug-likeness (QED) is 0.322. The number of carbonyl (C=O) groups excluding carboxylic acids is 2. The smallest absolute Gasteiger partial charge is 0.295 e. The summed E-state index contributed by atoms with van der Waals surface area (Å²) < 4.78 is 5.58. The number of aromatic hydroxyl groups is 1. The molecule has 1 aliphatic heterocycles. The molecule has 168 valence electrons. The lowest BCUT2D eigenvalue weighted by Gasteiger charge is -2.25. The predicted molar refractivity (Wildman–Crippen MR) is 122 cm³/mol. The molecule has 0 spiro atoms. The van der Waals surface area contributed by atoms with Crippen LogP contribution in [0.4, 0.5) is 0 Å². The molecule has 7 nitrogen and oxygen atoms in total. The third kappa shape index (κ3) is 4.57. The van der Waals surface area contributed by atoms with Gasteiger partial charge in [0.1, 0.15) is 17.3 Å². The number of phenols is 1. The highest BCUT2D eigenvalue weighted by atomic mass is 16.5. The molecule has 2 N–H and O–H groups in total. The third-order valence-corrected chi connectivity index (χ3v) is 5.45. The van der Waals surface area contributed by atoms with Crippen LogP contribution in [0.5, 0.6) is 11.5 Å². The van der Waals surface area contributed by atoms with Crippen LogP contribution in [0.1, 0.15) is 36.1 Å². The van der Waals surface area contributed by atoms with E-state index in [0.29, 0.717) is 23.5 Å². The summed E-state index contributed by atoms with van der Waals surface area (Å²) in [7, 11) is 0. The van der Waals surface area contributed by atoms with Crippen LogP contribution in [0.3, 0.4) is 0 Å². The van der Waals surface area contributed by atoms with Gasteiger partial charge in [-0.1, -0.05) is 19.1 Å². The summed E-state index contributed by atoms with van der Waals surface area (Å²) in [6, 6.07) is 15.7. The maximum atomic E-state index is 13.1. The number of carbonyl (C=O) groups is 2. The third-order valence-electron chi connectivity index (χ3n) is 5.45. The summed E-state index contributed by atoms with van der Waals surface area (Å²) >= 11 is 0. The van der Waals surface area contributed by atoms with Gasteiger partial charge in [0.05, 0.1) is 18.2 Å². The number of amides is 1. The van der Waals surface area contributed by atoms with Crippen LogP contribution in [0.15, 0.2) is 78.6 Å². The van der Waals surface area contributed by atoms with Gasteiger partial charge in [0.15, 0.2) is 0 Å². The second-order valence-electron chi connectivity index (χ2n) is 7.75. The number of nitrogens with zero attached hydrogens (tertiary/aromatic N) is 2. The molecule has 2 heterocycles. The molecule has 1 saturated heterocycles. The molecule has 0 saturated carbocycles. The van der Waals surface area contributed by atoms with Gasteiger partial charge < -0.3 is 19.8 Å². The van der Waals surface area contributed by atoms with Gasteiger partial charge in [0.25, 0.3) is 11.7 Å². The summed E-state index contributed by atoms with van der Waals surface area (Å²) in [6.07, 6.45) is 4.10. The van der Waals surface area contributed by atoms with E-state index in [9.17, 15) is 19.8 Å². The summed E-state index contributed by atoms with van der Waals surface area (Å²) in [5.41, 5.74) is 1.81. The molecule has 0 radical (unpaired) electrons. The van der Waals surface area contributed by atoms with Crippen LogP contribution in [0.2, 0.25) is 0 Å². The largest absolute Gasteiger partial charge is 0.508 e. The number of benzene rings is 2. The summed E-state index contributed by atoms with van der Waals surface area (Å²) in [6.45, 7) is 2.75. The Hall–Kier alpha value is -4.13. The van der Waals surface area contributed by atoms with Crippen molar-refractivity contribution in [3.63, 3.8) is 0 Å². The Bertz CT molecular complexity index is 1170. The van der Waals surface area contributed by atoms with Gasteiger partial charge in [0.2, 0.25) is 0 Å². The first-order chi connectivity index (χ1) is 16.0. The molecule has 7 heteroatoms. The van der Waals surface area contributed by atoms with Crippen molar-refractivity contribution in [3.8, 4) is 11.5 Å². The molecular formula is C26H24N2O5. The van der Waals surface area contributed by atoms with Crippen LogP contribution < -0.4 is 4.74 Å². The predicted octanol–water partition coefficient (Wildman–Crippen LogP) is 4.20. The van der Waals surface area contributed by atoms with E-state index in [2.05, 4.69) is 4.98 Å². The van der Waals surface area contributed by atoms with E-state index < -0.39 is 17.7 Å². The Morgan fingerprint density at radius 1 is 1.00 bits per heavy atom. The Labute approximate surface area is 191 Å². The average Bonchev–Trinajstić information content (AvgIpc) is 3.08. The number of aromatic nitrogens is 1. The van der Waals surface area contributed by atoms with Crippen molar-refractivity contribution >= 4 is 17.4 Å². The number of Topliss-reactive ketones (excluding diaryl/α,β-unsaturated/α-hetero) is 1. The molecule has 1 aliphatic rings. The number of likely N-dealkylation sites (tertiary alicyclic amines) is 1. The Kier molecular flexibility index (Phi) is 6.40. The lowest BCUT2D eigenvalue weighted by atomic mass is 9.95. The van der Waals surface area contributed by atoms with E-state index >= 15 is 0 Å². The monoisotopic (exact) mass is 444 g/mol. The number of rotatable bonds is 7. The molecule has 33 heavy (non-hydrogen) atoms. The SMILES string of the molecule is CCCOc1ccc(/C(O)=C2\C(=O)C(=O)N(Cc3ccncc3)C2c2ccc(O)cc2)cc1. The number of aliphatic hydroxyl groups excluding tert-OH is 1. The van der Waals surface area contributed by atoms with E-state index in [0.717, 1.165) is 12.0 Å². The maximum absolute atomic E-state index is 13.1. The fraction of sp³-hybridized carbons (Fsp3) is 0.192. The molecule has 3 aromatic rings. The second kappa shape index (κ2) is 9.56. The minimum absolute atomic E-state index is 0.00183. The van der Waals surface area contributed by atoms with E-state index in [1.807, 2.05) is 6.92 Å². The van der Waals surface area contributed by atoms with Crippen molar-refractivity contribution in [2.75, 3.05) is 6.61 Å². The molecule has 1 unspecified atom stereocenters. The number of ketones is 1. The van der Waals surface area contributed by atoms with Crippen LogP contribution in [-0.4, -0.2) is 38.4 Å². The highest BCUT2D eigenvalue weighted by Crippen LogP contribution is 2.40. The molecule has 0 bridgehead atoms. The summed E-state index contributed by atoms with van der Waals surface area (Å²) in [4.78, 5) is 31.5. The van der Waals surface area contributed by atoms with Gasteiger partial charge in [-0.05, 0) is 66.1 Å². The minimum atomic E-state index is -0.810. The molecule has 1 atom stereocenters. The van der Waals surface area contributed by atoms with Crippen molar-refractivity contribution in [2.45, 2.75) is 25.9 Å². The number of phenolic OH excluding ortho intramolecular Hbond substituents is 1. The van der Waals surface area contributed by atoms with Crippen molar-refractivity contribution in [3.05, 3.63) is 95.3 Å². The maximum Gasteiger partial charge on any atom is 0.295 e. The van der Waals surface area contributed by atoms with Crippen LogP contribution in [0.25, 0.3) is 5.76 Å². The standard InChI is InChI=1S/C26H24N2O5/c1-2-15-33-21-9-5-19(6-10-21)24(30)22-23(18-3-7-20(29)8-4-18)28(26(32)25(22)31)16-17-11-13-27-14-12-17/h3-14,23,29-30H,2,15-16H2,1H3/b24-22+. The number of hydrogen-bond acceptors (Lipinski definition) is 6. The van der Waals surface area contributed by atoms with E-state index in [1.165, 1.54) is 17.0 Å². The number of aliphatic hydroxyl groups is 1. The van der Waals surface area contributed by atoms with Gasteiger partial charge in [-0.25, -0.2) is 0 Å². The zero-order valence-corrected chi connectivity index (χ0v) is 18.1. The number of ether oxygens (including phenoxy) is 1. The highest BCUT2D eigenvalue weighted by molar-refractivity contribution is 6.46. The molecule has 0 aliphatic carbocycles. The normalized spacial score (nSPS) is 17.4. The molecule has 1 amide bonds. The minimum Gasteiger partial charge on any atom is -0.508 e. The Balaban J connectivity index is 1.78. The van der Waals surface area contributed by atoms with E-state index in [-0.39, 0.29) is 23.6 Å². The fourth-order valence-corrected chi connectivity index (χ4v) is 3.82. The first-order valence-electron chi connectivity index (χ1n) is 10.7. The first kappa shape index (κ1) is 22.1. The fourth-order valence-electron chi connectivity index (χ4n) is 3.82. The highest BCUT2D eigenvalue weighted by Gasteiger charge is 2.46. The van der Waals surface area contributed by atoms with Crippen molar-refractivity contribution in [2.24, 2.45) is 0 Å². The van der Waals surface area contributed by atoms with Gasteiger partial charge in [0, 0.05) is 24.5 Å². The average molecular weight is 444 g/mol. The van der Waals surface area contributed by atoms with Crippen LogP contribution in [-0.2, 0) is 16.1 Å². The van der Waals surface area contributed by atoms with E-state index in [1.54, 1.807) is 60.9 Å². The molecule has 1 fully saturated rings. The van der Waals surface area contributed by atoms with Gasteiger partial charge in [-0.15, -0.1) is 0 Å². The van der Waals surface area contributed by atoms with Crippen LogP contribution >= 0.6 is 0 Å². The number of pyridine rings is 1. The molecule has 1 aromatic heterocycles. The Morgan fingerprint density at radius 3 is 2.30 bits per heavy atom. The first-order valence-corrected chi connectivity index (χ1v) is 10.7. The van der Waals surface area contributed by atoms with Gasteiger partial charge in [-0.3, -0.25) is 14.6 Å². The summed E-state index contributed by atoms with van der Waals surface area (Å²) in [5.74, 6) is -1.000. The van der Waals surface area contributed by atoms with E-state index in [4.69, 9.17) is 4.74 Å². The lowest BCUT2D eigenvalue weighted by molar-refractivity contribution is -0.140. The molecule has 2 aromatic carbocycles. The lowest BCUT2D eigenvalue weighted by Crippen LogP contribution is -2.29. The Morgan fingerprint density at radius 2 is 1.67 bits per heavy atom. The van der Waals surface area contributed by atoms with Crippen molar-refractivity contribution < 1.29 is 24.5 Å². The van der Waals surface area contributed by atoms with Gasteiger partial charge >= 0.3 is 0 Å². The number of hydrogen-bond donors (Lipinski definition) is 2. The second-order valence-corrected chi connectivity index (χ2v) is 7.75. The van der Waals surface area contributed by atoms with Crippen molar-refractivity contribution in [1.82, 2.24) is 9.88 Å². The zero-order valence-electron chi connectivity index (χ0n) is 18.1. The molecule has 4 rings (SSSR count). The topological polar surface area (TPSA) is 100.0 Å². The van der Waals surface area contributed by atoms with Crippen LogP contribution in [0, 0.1) is 0 Å². The zero-order chi connectivity index (χ0) is 23.4. The van der Waals surface area contributed by atoms with Gasteiger partial charge in [-0.2, -0.15) is 0 Å². The molecular weight excluding hydrogens is 420 g/mol. The van der Waals surface area contributed by atoms with Crippen molar-refractivity contribution in [1.29, 1.82) is 0 Å².